The van der Waals surface area contributed by atoms with E-state index >= 15 is 0 Å². The first-order valence-electron chi connectivity index (χ1n) is 9.19. The standard InChI is InChI=1S/C23H19ClN2O3/c1-14-12-17(24)10-11-20(14)28-15(2)22(27)25-18-7-5-6-16(13-18)23-26-19-8-3-4-9-21(19)29-23/h3-13,15H,1-2H3,(H,25,27)/t15-/m1/s1. The summed E-state index contributed by atoms with van der Waals surface area (Å²) < 4.78 is 11.6. The summed E-state index contributed by atoms with van der Waals surface area (Å²) in [6.07, 6.45) is -0.678. The summed E-state index contributed by atoms with van der Waals surface area (Å²) in [7, 11) is 0. The molecule has 4 aromatic rings. The van der Waals surface area contributed by atoms with Gasteiger partial charge in [-0.3, -0.25) is 4.79 Å². The Kier molecular flexibility index (Phi) is 5.23. The molecular weight excluding hydrogens is 388 g/mol. The number of carbonyl (C=O) groups is 1. The van der Waals surface area contributed by atoms with E-state index < -0.39 is 6.10 Å². The summed E-state index contributed by atoms with van der Waals surface area (Å²) in [4.78, 5) is 17.1. The van der Waals surface area contributed by atoms with Crippen LogP contribution < -0.4 is 10.1 Å². The second-order valence-corrected chi connectivity index (χ2v) is 7.16. The molecular formula is C23H19ClN2O3. The molecule has 146 valence electrons. The maximum atomic E-state index is 12.6. The maximum Gasteiger partial charge on any atom is 0.265 e. The van der Waals surface area contributed by atoms with E-state index in [0.717, 1.165) is 22.2 Å². The van der Waals surface area contributed by atoms with Gasteiger partial charge in [-0.25, -0.2) is 4.98 Å². The number of aromatic nitrogens is 1. The van der Waals surface area contributed by atoms with Crippen molar-refractivity contribution in [3.63, 3.8) is 0 Å². The monoisotopic (exact) mass is 406 g/mol. The summed E-state index contributed by atoms with van der Waals surface area (Å²) in [6.45, 7) is 3.59. The van der Waals surface area contributed by atoms with Gasteiger partial charge < -0.3 is 14.5 Å². The normalized spacial score (nSPS) is 12.0. The van der Waals surface area contributed by atoms with Gasteiger partial charge in [0, 0.05) is 16.3 Å². The van der Waals surface area contributed by atoms with Gasteiger partial charge in [0.15, 0.2) is 11.7 Å². The number of para-hydroxylation sites is 2. The lowest BCUT2D eigenvalue weighted by atomic mass is 10.2. The topological polar surface area (TPSA) is 64.4 Å². The summed E-state index contributed by atoms with van der Waals surface area (Å²) in [6, 6.07) is 20.2. The lowest BCUT2D eigenvalue weighted by Gasteiger charge is -2.16. The number of oxazole rings is 1. The number of aryl methyl sites for hydroxylation is 1. The van der Waals surface area contributed by atoms with Gasteiger partial charge in [0.25, 0.3) is 5.91 Å². The van der Waals surface area contributed by atoms with E-state index in [2.05, 4.69) is 10.3 Å². The highest BCUT2D eigenvalue weighted by Gasteiger charge is 2.17. The third-order valence-electron chi connectivity index (χ3n) is 4.48. The Bertz CT molecular complexity index is 1150. The molecule has 0 unspecified atom stereocenters. The highest BCUT2D eigenvalue weighted by atomic mass is 35.5. The van der Waals surface area contributed by atoms with E-state index in [-0.39, 0.29) is 5.91 Å². The Morgan fingerprint density at radius 1 is 1.10 bits per heavy atom. The molecule has 1 N–H and O–H groups in total. The van der Waals surface area contributed by atoms with Crippen molar-refractivity contribution in [2.24, 2.45) is 0 Å². The van der Waals surface area contributed by atoms with Gasteiger partial charge in [0.2, 0.25) is 5.89 Å². The third kappa shape index (κ3) is 4.25. The largest absolute Gasteiger partial charge is 0.481 e. The van der Waals surface area contributed by atoms with E-state index in [1.54, 1.807) is 25.1 Å². The Hall–Kier alpha value is -3.31. The van der Waals surface area contributed by atoms with E-state index in [4.69, 9.17) is 20.8 Å². The van der Waals surface area contributed by atoms with Crippen LogP contribution in [0.4, 0.5) is 5.69 Å². The molecule has 1 atom stereocenters. The first-order valence-corrected chi connectivity index (χ1v) is 9.57. The molecule has 0 saturated carbocycles. The smallest absolute Gasteiger partial charge is 0.265 e. The number of benzene rings is 3. The first kappa shape index (κ1) is 19.0. The van der Waals surface area contributed by atoms with Gasteiger partial charge in [-0.05, 0) is 67.9 Å². The minimum absolute atomic E-state index is 0.255. The highest BCUT2D eigenvalue weighted by Crippen LogP contribution is 2.27. The van der Waals surface area contributed by atoms with Crippen molar-refractivity contribution in [2.45, 2.75) is 20.0 Å². The number of hydrogen-bond acceptors (Lipinski definition) is 4. The van der Waals surface area contributed by atoms with Crippen LogP contribution in [0.25, 0.3) is 22.6 Å². The second-order valence-electron chi connectivity index (χ2n) is 6.73. The minimum atomic E-state index is -0.678. The molecule has 3 aromatic carbocycles. The number of nitrogens with zero attached hydrogens (tertiary/aromatic N) is 1. The molecule has 1 aromatic heterocycles. The Labute approximate surface area is 173 Å². The molecule has 5 nitrogen and oxygen atoms in total. The molecule has 1 amide bonds. The van der Waals surface area contributed by atoms with Crippen LogP contribution in [-0.2, 0) is 4.79 Å². The summed E-state index contributed by atoms with van der Waals surface area (Å²) in [5.74, 6) is 0.870. The fourth-order valence-corrected chi connectivity index (χ4v) is 3.19. The zero-order valence-corrected chi connectivity index (χ0v) is 16.7. The Balaban J connectivity index is 1.49. The average molecular weight is 407 g/mol. The fraction of sp³-hybridized carbons (Fsp3) is 0.130. The molecule has 0 aliphatic carbocycles. The van der Waals surface area contributed by atoms with Crippen molar-refractivity contribution >= 4 is 34.3 Å². The molecule has 1 heterocycles. The van der Waals surface area contributed by atoms with Crippen LogP contribution in [0.2, 0.25) is 5.02 Å². The van der Waals surface area contributed by atoms with Crippen LogP contribution in [0.1, 0.15) is 12.5 Å². The van der Waals surface area contributed by atoms with Gasteiger partial charge in [-0.15, -0.1) is 0 Å². The van der Waals surface area contributed by atoms with Crippen molar-refractivity contribution in [1.29, 1.82) is 0 Å². The second kappa shape index (κ2) is 7.97. The zero-order valence-electron chi connectivity index (χ0n) is 16.0. The fourth-order valence-electron chi connectivity index (χ4n) is 2.96. The van der Waals surface area contributed by atoms with Crippen LogP contribution in [-0.4, -0.2) is 17.0 Å². The average Bonchev–Trinajstić information content (AvgIpc) is 3.14. The maximum absolute atomic E-state index is 12.6. The van der Waals surface area contributed by atoms with Crippen molar-refractivity contribution in [3.8, 4) is 17.2 Å². The Morgan fingerprint density at radius 3 is 2.72 bits per heavy atom. The molecule has 0 aliphatic rings. The van der Waals surface area contributed by atoms with Gasteiger partial charge in [0.1, 0.15) is 11.3 Å². The predicted molar refractivity (Wildman–Crippen MR) is 114 cm³/mol. The summed E-state index contributed by atoms with van der Waals surface area (Å²) in [5, 5.41) is 3.51. The van der Waals surface area contributed by atoms with Crippen molar-refractivity contribution < 1.29 is 13.9 Å². The number of ether oxygens (including phenoxy) is 1. The van der Waals surface area contributed by atoms with Crippen LogP contribution in [0, 0.1) is 6.92 Å². The number of hydrogen-bond donors (Lipinski definition) is 1. The van der Waals surface area contributed by atoms with Crippen molar-refractivity contribution in [3.05, 3.63) is 77.3 Å². The van der Waals surface area contributed by atoms with Gasteiger partial charge in [-0.1, -0.05) is 29.8 Å². The van der Waals surface area contributed by atoms with Gasteiger partial charge in [-0.2, -0.15) is 0 Å². The van der Waals surface area contributed by atoms with E-state index in [1.165, 1.54) is 0 Å². The van der Waals surface area contributed by atoms with Gasteiger partial charge in [0.05, 0.1) is 0 Å². The highest BCUT2D eigenvalue weighted by molar-refractivity contribution is 6.30. The summed E-state index contributed by atoms with van der Waals surface area (Å²) >= 11 is 5.97. The van der Waals surface area contributed by atoms with Crippen molar-refractivity contribution in [2.75, 3.05) is 5.32 Å². The lowest BCUT2D eigenvalue weighted by molar-refractivity contribution is -0.122. The van der Waals surface area contributed by atoms with E-state index in [0.29, 0.717) is 22.4 Å². The predicted octanol–water partition coefficient (Wildman–Crippen LogP) is 5.86. The molecule has 0 aliphatic heterocycles. The number of anilines is 1. The Morgan fingerprint density at radius 2 is 1.93 bits per heavy atom. The number of nitrogens with one attached hydrogen (secondary N) is 1. The van der Waals surface area contributed by atoms with Gasteiger partial charge >= 0.3 is 0 Å². The molecule has 0 saturated heterocycles. The number of halogens is 1. The van der Waals surface area contributed by atoms with E-state index in [9.17, 15) is 4.79 Å². The zero-order chi connectivity index (χ0) is 20.4. The molecule has 29 heavy (non-hydrogen) atoms. The molecule has 0 fully saturated rings. The molecule has 0 bridgehead atoms. The van der Waals surface area contributed by atoms with Crippen molar-refractivity contribution in [1.82, 2.24) is 4.98 Å². The van der Waals surface area contributed by atoms with E-state index in [1.807, 2.05) is 55.5 Å². The number of amides is 1. The first-order chi connectivity index (χ1) is 14.0. The molecule has 6 heteroatoms. The van der Waals surface area contributed by atoms with Crippen LogP contribution >= 0.6 is 11.6 Å². The SMILES string of the molecule is Cc1cc(Cl)ccc1O[C@H](C)C(=O)Nc1cccc(-c2nc3ccccc3o2)c1. The molecule has 0 radical (unpaired) electrons. The van der Waals surface area contributed by atoms with Crippen LogP contribution in [0.15, 0.2) is 71.1 Å². The minimum Gasteiger partial charge on any atom is -0.481 e. The molecule has 0 spiro atoms. The number of fused-ring (bicyclic) bond motifs is 1. The van der Waals surface area contributed by atoms with Crippen LogP contribution in [0.3, 0.4) is 0 Å². The number of carbonyl (C=O) groups excluding carboxylic acids is 1. The molecule has 4 rings (SSSR count). The third-order valence-corrected chi connectivity index (χ3v) is 4.72. The quantitative estimate of drug-likeness (QED) is 0.450. The van der Waals surface area contributed by atoms with Crippen LogP contribution in [0.5, 0.6) is 5.75 Å². The lowest BCUT2D eigenvalue weighted by Crippen LogP contribution is -2.30. The number of rotatable bonds is 5. The summed E-state index contributed by atoms with van der Waals surface area (Å²) in [5.41, 5.74) is 3.80.